The molecule has 0 aliphatic heterocycles. The lowest BCUT2D eigenvalue weighted by molar-refractivity contribution is 0.0953. The highest BCUT2D eigenvalue weighted by molar-refractivity contribution is 7.91. The number of rotatable bonds is 7. The molecule has 1 heterocycles. The van der Waals surface area contributed by atoms with Gasteiger partial charge in [0.05, 0.1) is 18.3 Å². The maximum Gasteiger partial charge on any atom is 0.251 e. The molecule has 1 N–H and O–H groups in total. The molecule has 0 saturated heterocycles. The Hall–Kier alpha value is -3.06. The maximum atomic E-state index is 13.2. The van der Waals surface area contributed by atoms with E-state index in [4.69, 9.17) is 9.15 Å². The van der Waals surface area contributed by atoms with Gasteiger partial charge >= 0.3 is 0 Å². The average molecular weight is 413 g/mol. The minimum atomic E-state index is -3.81. The van der Waals surface area contributed by atoms with Crippen molar-refractivity contribution < 1.29 is 22.4 Å². The van der Waals surface area contributed by atoms with Crippen LogP contribution in [0, 0.1) is 13.8 Å². The Bertz CT molecular complexity index is 1090. The molecule has 0 aliphatic carbocycles. The second kappa shape index (κ2) is 8.53. The van der Waals surface area contributed by atoms with Gasteiger partial charge < -0.3 is 14.5 Å². The summed E-state index contributed by atoms with van der Waals surface area (Å²) in [5.74, 6) is 0.484. The number of benzene rings is 2. The first-order chi connectivity index (χ1) is 13.8. The maximum absolute atomic E-state index is 13.2. The van der Waals surface area contributed by atoms with E-state index in [1.165, 1.54) is 25.5 Å². The molecule has 1 amide bonds. The fourth-order valence-electron chi connectivity index (χ4n) is 2.94. The van der Waals surface area contributed by atoms with Crippen molar-refractivity contribution in [2.75, 3.05) is 13.7 Å². The molecule has 0 bridgehead atoms. The predicted octanol–water partition coefficient (Wildman–Crippen LogP) is 3.85. The molecule has 1 aromatic heterocycles. The summed E-state index contributed by atoms with van der Waals surface area (Å²) in [6.45, 7) is 3.77. The van der Waals surface area contributed by atoms with Gasteiger partial charge in [0.25, 0.3) is 5.91 Å². The molecule has 0 saturated carbocycles. The molecule has 0 unspecified atom stereocenters. The van der Waals surface area contributed by atoms with Crippen LogP contribution in [0.4, 0.5) is 0 Å². The molecule has 0 fully saturated rings. The van der Waals surface area contributed by atoms with Crippen molar-refractivity contribution in [3.05, 3.63) is 83.3 Å². The molecule has 152 valence electrons. The SMILES string of the molecule is COc1ccc(S(=O)(=O)[C@H](CNC(=O)c2ccc(C)c(C)c2)c2ccco2)cc1. The monoisotopic (exact) mass is 413 g/mol. The van der Waals surface area contributed by atoms with Crippen LogP contribution >= 0.6 is 0 Å². The number of carbonyl (C=O) groups is 1. The zero-order valence-corrected chi connectivity index (χ0v) is 17.3. The largest absolute Gasteiger partial charge is 0.497 e. The van der Waals surface area contributed by atoms with Crippen molar-refractivity contribution in [3.8, 4) is 5.75 Å². The first kappa shape index (κ1) is 20.7. The second-order valence-corrected chi connectivity index (χ2v) is 8.86. The third-order valence-electron chi connectivity index (χ3n) is 4.84. The number of ether oxygens (including phenoxy) is 1. The number of sulfone groups is 1. The second-order valence-electron chi connectivity index (χ2n) is 6.73. The van der Waals surface area contributed by atoms with Gasteiger partial charge in [-0.05, 0) is 73.5 Å². The van der Waals surface area contributed by atoms with E-state index in [2.05, 4.69) is 5.32 Å². The Labute approximate surface area is 170 Å². The first-order valence-corrected chi connectivity index (χ1v) is 10.6. The van der Waals surface area contributed by atoms with E-state index in [1.807, 2.05) is 19.9 Å². The van der Waals surface area contributed by atoms with Crippen LogP contribution in [-0.4, -0.2) is 28.0 Å². The molecule has 0 spiro atoms. The van der Waals surface area contributed by atoms with E-state index >= 15 is 0 Å². The van der Waals surface area contributed by atoms with Gasteiger partial charge in [0, 0.05) is 12.1 Å². The van der Waals surface area contributed by atoms with Crippen molar-refractivity contribution >= 4 is 15.7 Å². The lowest BCUT2D eigenvalue weighted by atomic mass is 10.1. The first-order valence-electron chi connectivity index (χ1n) is 9.09. The number of hydrogen-bond acceptors (Lipinski definition) is 5. The van der Waals surface area contributed by atoms with Gasteiger partial charge in [0.15, 0.2) is 9.84 Å². The van der Waals surface area contributed by atoms with Crippen molar-refractivity contribution in [2.24, 2.45) is 0 Å². The minimum absolute atomic E-state index is 0.117. The molecule has 0 aliphatic rings. The Morgan fingerprint density at radius 3 is 2.38 bits per heavy atom. The van der Waals surface area contributed by atoms with E-state index in [-0.39, 0.29) is 23.1 Å². The van der Waals surface area contributed by atoms with Crippen LogP contribution in [0.25, 0.3) is 0 Å². The van der Waals surface area contributed by atoms with Crippen molar-refractivity contribution in [3.63, 3.8) is 0 Å². The number of furan rings is 1. The summed E-state index contributed by atoms with van der Waals surface area (Å²) < 4.78 is 36.9. The normalized spacial score (nSPS) is 12.4. The Balaban J connectivity index is 1.85. The fourth-order valence-corrected chi connectivity index (χ4v) is 4.52. The molecule has 0 radical (unpaired) electrons. The molecular weight excluding hydrogens is 390 g/mol. The van der Waals surface area contributed by atoms with Crippen LogP contribution in [0.15, 0.2) is 70.2 Å². The van der Waals surface area contributed by atoms with E-state index < -0.39 is 15.1 Å². The quantitative estimate of drug-likeness (QED) is 0.636. The summed E-state index contributed by atoms with van der Waals surface area (Å²) in [4.78, 5) is 12.7. The van der Waals surface area contributed by atoms with Gasteiger partial charge in [-0.2, -0.15) is 0 Å². The summed E-state index contributed by atoms with van der Waals surface area (Å²) >= 11 is 0. The van der Waals surface area contributed by atoms with Crippen LogP contribution in [-0.2, 0) is 9.84 Å². The summed E-state index contributed by atoms with van der Waals surface area (Å²) in [6, 6.07) is 14.7. The lowest BCUT2D eigenvalue weighted by Crippen LogP contribution is -2.31. The number of aryl methyl sites for hydroxylation is 2. The Kier molecular flexibility index (Phi) is 6.08. The molecule has 3 rings (SSSR count). The zero-order chi connectivity index (χ0) is 21.0. The fraction of sp³-hybridized carbons (Fsp3) is 0.227. The summed E-state index contributed by atoms with van der Waals surface area (Å²) in [7, 11) is -2.29. The molecule has 29 heavy (non-hydrogen) atoms. The molecule has 3 aromatic rings. The lowest BCUT2D eigenvalue weighted by Gasteiger charge is -2.17. The number of amides is 1. The van der Waals surface area contributed by atoms with Gasteiger partial charge in [-0.1, -0.05) is 6.07 Å². The van der Waals surface area contributed by atoms with Crippen LogP contribution in [0.3, 0.4) is 0 Å². The highest BCUT2D eigenvalue weighted by Gasteiger charge is 2.32. The van der Waals surface area contributed by atoms with Gasteiger partial charge in [-0.3, -0.25) is 4.79 Å². The van der Waals surface area contributed by atoms with Crippen molar-refractivity contribution in [1.29, 1.82) is 0 Å². The number of carbonyl (C=O) groups excluding carboxylic acids is 1. The van der Waals surface area contributed by atoms with Crippen LogP contribution < -0.4 is 10.1 Å². The van der Waals surface area contributed by atoms with Gasteiger partial charge in [-0.15, -0.1) is 0 Å². The summed E-state index contributed by atoms with van der Waals surface area (Å²) in [5, 5.41) is 1.68. The summed E-state index contributed by atoms with van der Waals surface area (Å²) in [6.07, 6.45) is 1.41. The van der Waals surface area contributed by atoms with E-state index in [0.717, 1.165) is 11.1 Å². The van der Waals surface area contributed by atoms with Gasteiger partial charge in [-0.25, -0.2) is 8.42 Å². The highest BCUT2D eigenvalue weighted by atomic mass is 32.2. The molecule has 1 atom stereocenters. The number of methoxy groups -OCH3 is 1. The van der Waals surface area contributed by atoms with Crippen LogP contribution in [0.5, 0.6) is 5.75 Å². The van der Waals surface area contributed by atoms with E-state index in [1.54, 1.807) is 36.4 Å². The molecular formula is C22H23NO5S. The third-order valence-corrected chi connectivity index (χ3v) is 6.92. The average Bonchev–Trinajstić information content (AvgIpc) is 3.24. The zero-order valence-electron chi connectivity index (χ0n) is 16.5. The Morgan fingerprint density at radius 1 is 1.07 bits per heavy atom. The standard InChI is InChI=1S/C22H23NO5S/c1-15-6-7-17(13-16(15)2)22(24)23-14-21(20-5-4-12-28-20)29(25,26)19-10-8-18(27-3)9-11-19/h4-13,21H,14H2,1-3H3,(H,23,24)/t21-/m1/s1. The third kappa shape index (κ3) is 4.51. The minimum Gasteiger partial charge on any atom is -0.497 e. The molecule has 7 heteroatoms. The number of nitrogens with one attached hydrogen (secondary N) is 1. The highest BCUT2D eigenvalue weighted by Crippen LogP contribution is 2.30. The molecule has 6 nitrogen and oxygen atoms in total. The smallest absolute Gasteiger partial charge is 0.251 e. The predicted molar refractivity (Wildman–Crippen MR) is 110 cm³/mol. The Morgan fingerprint density at radius 2 is 1.79 bits per heavy atom. The van der Waals surface area contributed by atoms with Gasteiger partial charge in [0.1, 0.15) is 16.8 Å². The molecule has 2 aromatic carbocycles. The van der Waals surface area contributed by atoms with Crippen molar-refractivity contribution in [1.82, 2.24) is 5.32 Å². The van der Waals surface area contributed by atoms with Crippen molar-refractivity contribution in [2.45, 2.75) is 24.0 Å². The van der Waals surface area contributed by atoms with Crippen LogP contribution in [0.1, 0.15) is 32.5 Å². The number of hydrogen-bond donors (Lipinski definition) is 1. The van der Waals surface area contributed by atoms with Crippen LogP contribution in [0.2, 0.25) is 0 Å². The topological polar surface area (TPSA) is 85.6 Å². The van der Waals surface area contributed by atoms with Gasteiger partial charge in [0.2, 0.25) is 0 Å². The van der Waals surface area contributed by atoms with E-state index in [0.29, 0.717) is 11.3 Å². The van der Waals surface area contributed by atoms with E-state index in [9.17, 15) is 13.2 Å². The summed E-state index contributed by atoms with van der Waals surface area (Å²) in [5.41, 5.74) is 2.55.